The maximum absolute atomic E-state index is 13.7. The summed E-state index contributed by atoms with van der Waals surface area (Å²) in [6, 6.07) is 1.78. The van der Waals surface area contributed by atoms with Crippen LogP contribution in [0.4, 0.5) is 5.69 Å². The molecule has 0 unspecified atom stereocenters. The van der Waals surface area contributed by atoms with Gasteiger partial charge in [0, 0.05) is 30.2 Å². The summed E-state index contributed by atoms with van der Waals surface area (Å²) < 4.78 is 17.7. The molecule has 0 spiro atoms. The second-order valence-electron chi connectivity index (χ2n) is 10.6. The number of hydrogen-bond acceptors (Lipinski definition) is 5. The van der Waals surface area contributed by atoms with E-state index in [1.807, 2.05) is 6.07 Å². The van der Waals surface area contributed by atoms with Crippen LogP contribution in [0.2, 0.25) is 0 Å². The molecule has 0 atom stereocenters. The zero-order chi connectivity index (χ0) is 23.1. The summed E-state index contributed by atoms with van der Waals surface area (Å²) in [5.74, 6) is -0.402. The van der Waals surface area contributed by atoms with Crippen molar-refractivity contribution in [2.75, 3.05) is 18.2 Å². The fraction of sp³-hybridized carbons (Fsp3) is 0.739. The van der Waals surface area contributed by atoms with Crippen LogP contribution in [0.1, 0.15) is 80.8 Å². The molecule has 0 saturated heterocycles. The molecule has 2 fully saturated rings. The molecule has 174 valence electrons. The third kappa shape index (κ3) is 5.80. The van der Waals surface area contributed by atoms with Crippen LogP contribution in [-0.4, -0.2) is 42.5 Å². The predicted molar refractivity (Wildman–Crippen MR) is 126 cm³/mol. The molecule has 0 aliphatic heterocycles. The van der Waals surface area contributed by atoms with Crippen LogP contribution in [0.15, 0.2) is 6.07 Å². The molecule has 0 aromatic carbocycles. The van der Waals surface area contributed by atoms with Gasteiger partial charge in [0.15, 0.2) is 7.37 Å². The summed E-state index contributed by atoms with van der Waals surface area (Å²) in [5.41, 5.74) is 0.315. The van der Waals surface area contributed by atoms with Crippen molar-refractivity contribution in [3.05, 3.63) is 15.8 Å². The van der Waals surface area contributed by atoms with Crippen molar-refractivity contribution in [3.63, 3.8) is 0 Å². The van der Waals surface area contributed by atoms with E-state index in [9.17, 15) is 19.3 Å². The van der Waals surface area contributed by atoms with Crippen molar-refractivity contribution in [3.8, 4) is 0 Å². The molecule has 1 aromatic rings. The van der Waals surface area contributed by atoms with Gasteiger partial charge in [0.2, 0.25) is 5.91 Å². The number of carboxylic acids is 1. The molecule has 1 aromatic heterocycles. The lowest BCUT2D eigenvalue weighted by atomic mass is 9.80. The third-order valence-corrected chi connectivity index (χ3v) is 8.69. The Labute approximate surface area is 189 Å². The Balaban J connectivity index is 1.93. The van der Waals surface area contributed by atoms with Gasteiger partial charge in [-0.05, 0) is 55.9 Å². The van der Waals surface area contributed by atoms with Crippen LogP contribution in [0.25, 0.3) is 0 Å². The Morgan fingerprint density at radius 2 is 1.74 bits per heavy atom. The number of nitrogens with zero attached hydrogens (tertiary/aromatic N) is 1. The number of carbonyl (C=O) groups is 2. The van der Waals surface area contributed by atoms with Gasteiger partial charge < -0.3 is 14.5 Å². The van der Waals surface area contributed by atoms with E-state index in [4.69, 9.17) is 4.52 Å². The first-order chi connectivity index (χ1) is 14.3. The number of rotatable bonds is 6. The SMILES string of the molecule is CC(C)(C)c1cc(N(C(=O)[C@H]2CC[C@H](C)CC2)[C@H]2C[C@@H](OP(C)(C)=O)C2)c(C(=O)O)s1. The largest absolute Gasteiger partial charge is 0.477 e. The molecule has 8 heteroatoms. The average Bonchev–Trinajstić information content (AvgIpc) is 3.05. The molecule has 0 bridgehead atoms. The van der Waals surface area contributed by atoms with Gasteiger partial charge in [-0.2, -0.15) is 0 Å². The van der Waals surface area contributed by atoms with Crippen molar-refractivity contribution >= 4 is 36.3 Å². The summed E-state index contributed by atoms with van der Waals surface area (Å²) in [5, 5.41) is 9.91. The minimum atomic E-state index is -2.61. The van der Waals surface area contributed by atoms with E-state index in [-0.39, 0.29) is 34.3 Å². The highest BCUT2D eigenvalue weighted by Crippen LogP contribution is 2.47. The van der Waals surface area contributed by atoms with Crippen molar-refractivity contribution < 1.29 is 23.8 Å². The highest BCUT2D eigenvalue weighted by atomic mass is 32.1. The first-order valence-electron chi connectivity index (χ1n) is 11.2. The fourth-order valence-electron chi connectivity index (χ4n) is 4.48. The second kappa shape index (κ2) is 8.99. The van der Waals surface area contributed by atoms with Gasteiger partial charge in [-0.15, -0.1) is 11.3 Å². The summed E-state index contributed by atoms with van der Waals surface area (Å²) in [7, 11) is -2.61. The highest BCUT2D eigenvalue weighted by molar-refractivity contribution is 7.57. The third-order valence-electron chi connectivity index (χ3n) is 6.35. The summed E-state index contributed by atoms with van der Waals surface area (Å²) >= 11 is 1.26. The number of carbonyl (C=O) groups excluding carboxylic acids is 1. The molecular formula is C23H36NO5PS. The fourth-order valence-corrected chi connectivity index (χ4v) is 6.41. The monoisotopic (exact) mass is 469 g/mol. The zero-order valence-electron chi connectivity index (χ0n) is 19.5. The summed E-state index contributed by atoms with van der Waals surface area (Å²) in [4.78, 5) is 28.7. The van der Waals surface area contributed by atoms with Crippen LogP contribution in [0.5, 0.6) is 0 Å². The van der Waals surface area contributed by atoms with E-state index in [1.54, 1.807) is 18.2 Å². The average molecular weight is 470 g/mol. The number of anilines is 1. The standard InChI is InChI=1S/C23H36NO5PS/c1-14-7-9-15(10-8-14)21(25)24(16-11-17(12-16)29-30(5,6)28)18-13-19(23(2,3)4)31-20(18)22(26)27/h13-17H,7-12H2,1-6H3,(H,26,27)/t14-,15-,16-,17+. The van der Waals surface area contributed by atoms with Crippen LogP contribution in [0, 0.1) is 11.8 Å². The van der Waals surface area contributed by atoms with E-state index >= 15 is 0 Å². The maximum atomic E-state index is 13.7. The Morgan fingerprint density at radius 3 is 2.23 bits per heavy atom. The van der Waals surface area contributed by atoms with E-state index in [0.29, 0.717) is 24.4 Å². The van der Waals surface area contributed by atoms with Gasteiger partial charge in [0.1, 0.15) is 4.88 Å². The molecule has 1 N–H and O–H groups in total. The molecule has 0 radical (unpaired) electrons. The molecular weight excluding hydrogens is 433 g/mol. The zero-order valence-corrected chi connectivity index (χ0v) is 21.2. The first-order valence-corrected chi connectivity index (χ1v) is 14.5. The van der Waals surface area contributed by atoms with Gasteiger partial charge in [0.25, 0.3) is 0 Å². The van der Waals surface area contributed by atoms with Crippen LogP contribution < -0.4 is 4.90 Å². The Hall–Kier alpha value is -1.17. The van der Waals surface area contributed by atoms with E-state index in [0.717, 1.165) is 30.6 Å². The Bertz CT molecular complexity index is 869. The molecule has 1 amide bonds. The van der Waals surface area contributed by atoms with Crippen molar-refractivity contribution in [1.29, 1.82) is 0 Å². The summed E-state index contributed by atoms with van der Waals surface area (Å²) in [6.45, 7) is 11.6. The Kier molecular flexibility index (Phi) is 7.10. The van der Waals surface area contributed by atoms with Crippen LogP contribution in [0.3, 0.4) is 0 Å². The molecule has 3 rings (SSSR count). The van der Waals surface area contributed by atoms with Gasteiger partial charge in [-0.3, -0.25) is 9.36 Å². The lowest BCUT2D eigenvalue weighted by Gasteiger charge is -2.44. The molecule has 6 nitrogen and oxygen atoms in total. The topological polar surface area (TPSA) is 83.9 Å². The number of amides is 1. The quantitative estimate of drug-likeness (QED) is 0.518. The van der Waals surface area contributed by atoms with Gasteiger partial charge >= 0.3 is 5.97 Å². The van der Waals surface area contributed by atoms with Crippen LogP contribution >= 0.6 is 18.7 Å². The lowest BCUT2D eigenvalue weighted by molar-refractivity contribution is -0.124. The van der Waals surface area contributed by atoms with Gasteiger partial charge in [-0.1, -0.05) is 27.7 Å². The smallest absolute Gasteiger partial charge is 0.348 e. The van der Waals surface area contributed by atoms with Crippen molar-refractivity contribution in [1.82, 2.24) is 0 Å². The normalized spacial score (nSPS) is 26.9. The minimum Gasteiger partial charge on any atom is -0.477 e. The van der Waals surface area contributed by atoms with Crippen molar-refractivity contribution in [2.24, 2.45) is 11.8 Å². The van der Waals surface area contributed by atoms with E-state index in [1.165, 1.54) is 11.3 Å². The number of thiophene rings is 1. The Morgan fingerprint density at radius 1 is 1.16 bits per heavy atom. The molecule has 1 heterocycles. The molecule has 31 heavy (non-hydrogen) atoms. The first kappa shape index (κ1) is 24.5. The number of aromatic carboxylic acids is 1. The lowest BCUT2D eigenvalue weighted by Crippen LogP contribution is -2.53. The number of hydrogen-bond donors (Lipinski definition) is 1. The number of carboxylic acid groups (broad SMARTS) is 1. The molecule has 2 saturated carbocycles. The summed E-state index contributed by atoms with van der Waals surface area (Å²) in [6.07, 6.45) is 4.76. The van der Waals surface area contributed by atoms with Crippen molar-refractivity contribution in [2.45, 2.75) is 83.8 Å². The highest BCUT2D eigenvalue weighted by Gasteiger charge is 2.43. The maximum Gasteiger partial charge on any atom is 0.348 e. The van der Waals surface area contributed by atoms with E-state index < -0.39 is 13.3 Å². The van der Waals surface area contributed by atoms with Crippen LogP contribution in [-0.2, 0) is 19.3 Å². The van der Waals surface area contributed by atoms with E-state index in [2.05, 4.69) is 27.7 Å². The molecule has 2 aliphatic carbocycles. The van der Waals surface area contributed by atoms with Gasteiger partial charge in [0.05, 0.1) is 11.8 Å². The van der Waals surface area contributed by atoms with Gasteiger partial charge in [-0.25, -0.2) is 4.79 Å². The second-order valence-corrected chi connectivity index (χ2v) is 14.4. The minimum absolute atomic E-state index is 0.0345. The predicted octanol–water partition coefficient (Wildman–Crippen LogP) is 5.99. The molecule has 2 aliphatic rings.